The summed E-state index contributed by atoms with van der Waals surface area (Å²) in [6.07, 6.45) is 2.55. The molecule has 1 rings (SSSR count). The highest BCUT2D eigenvalue weighted by molar-refractivity contribution is 14.1. The fourth-order valence-corrected chi connectivity index (χ4v) is 2.93. The van der Waals surface area contributed by atoms with Gasteiger partial charge in [-0.2, -0.15) is 0 Å². The van der Waals surface area contributed by atoms with Crippen LogP contribution in [-0.2, 0) is 0 Å². The number of hydrogen-bond acceptors (Lipinski definition) is 2. The van der Waals surface area contributed by atoms with E-state index in [1.807, 2.05) is 12.1 Å². The van der Waals surface area contributed by atoms with Crippen LogP contribution in [0.25, 0.3) is 0 Å². The molecule has 0 bridgehead atoms. The minimum Gasteiger partial charge on any atom is -0.506 e. The highest BCUT2D eigenvalue weighted by atomic mass is 127. The third-order valence-corrected chi connectivity index (χ3v) is 3.53. The predicted molar refractivity (Wildman–Crippen MR) is 75.3 cm³/mol. The second kappa shape index (κ2) is 5.32. The summed E-state index contributed by atoms with van der Waals surface area (Å²) in [5.74, 6) is 0.334. The van der Waals surface area contributed by atoms with Crippen molar-refractivity contribution in [2.24, 2.45) is 5.73 Å². The number of phenols is 1. The molecular weight excluding hydrogens is 404 g/mol. The lowest BCUT2D eigenvalue weighted by molar-refractivity contribution is 0.467. The van der Waals surface area contributed by atoms with E-state index in [-0.39, 0.29) is 6.04 Å². The number of phenolic OH excluding ortho intramolecular Hbond substituents is 1. The Morgan fingerprint density at radius 3 is 2.36 bits per heavy atom. The van der Waals surface area contributed by atoms with Crippen molar-refractivity contribution in [1.29, 1.82) is 0 Å². The Balaban J connectivity index is 3.05. The third kappa shape index (κ3) is 2.83. The average molecular weight is 415 g/mol. The topological polar surface area (TPSA) is 46.2 Å². The molecule has 0 amide bonds. The molecular formula is C10H11I2NO. The molecule has 0 heterocycles. The maximum Gasteiger partial charge on any atom is 0.142 e. The van der Waals surface area contributed by atoms with Gasteiger partial charge in [0.1, 0.15) is 5.75 Å². The molecule has 76 valence electrons. The number of benzene rings is 1. The van der Waals surface area contributed by atoms with Gasteiger partial charge < -0.3 is 10.8 Å². The van der Waals surface area contributed by atoms with Crippen molar-refractivity contribution >= 4 is 45.2 Å². The Hall–Kier alpha value is 0.180. The Morgan fingerprint density at radius 1 is 1.43 bits per heavy atom. The lowest BCUT2D eigenvalue weighted by Crippen LogP contribution is -2.09. The fourth-order valence-electron chi connectivity index (χ4n) is 1.11. The number of aromatic hydroxyl groups is 1. The predicted octanol–water partition coefficient (Wildman–Crippen LogP) is 3.18. The van der Waals surface area contributed by atoms with Gasteiger partial charge in [-0.1, -0.05) is 6.08 Å². The minimum atomic E-state index is -0.0323. The zero-order valence-corrected chi connectivity index (χ0v) is 11.8. The fraction of sp³-hybridized carbons (Fsp3) is 0.200. The van der Waals surface area contributed by atoms with Gasteiger partial charge in [0.2, 0.25) is 0 Å². The van der Waals surface area contributed by atoms with Crippen molar-refractivity contribution < 1.29 is 5.11 Å². The molecule has 0 aliphatic carbocycles. The first-order valence-electron chi connectivity index (χ1n) is 4.10. The van der Waals surface area contributed by atoms with Crippen LogP contribution >= 0.6 is 45.2 Å². The number of hydrogen-bond donors (Lipinski definition) is 2. The summed E-state index contributed by atoms with van der Waals surface area (Å²) in [5.41, 5.74) is 6.97. The first kappa shape index (κ1) is 12.3. The van der Waals surface area contributed by atoms with Crippen molar-refractivity contribution in [2.45, 2.75) is 12.5 Å². The normalized spacial score (nSPS) is 12.5. The molecule has 0 saturated heterocycles. The molecule has 0 aliphatic heterocycles. The summed E-state index contributed by atoms with van der Waals surface area (Å²) >= 11 is 4.20. The largest absolute Gasteiger partial charge is 0.506 e. The molecule has 0 fully saturated rings. The Bertz CT molecular complexity index is 329. The van der Waals surface area contributed by atoms with Crippen LogP contribution in [0.4, 0.5) is 0 Å². The first-order valence-corrected chi connectivity index (χ1v) is 6.26. The van der Waals surface area contributed by atoms with Crippen molar-refractivity contribution in [3.63, 3.8) is 0 Å². The number of nitrogens with two attached hydrogens (primary N) is 1. The molecule has 2 nitrogen and oxygen atoms in total. The van der Waals surface area contributed by atoms with Crippen LogP contribution in [0.3, 0.4) is 0 Å². The molecule has 0 saturated carbocycles. The maximum atomic E-state index is 9.57. The van der Waals surface area contributed by atoms with E-state index in [4.69, 9.17) is 5.73 Å². The second-order valence-corrected chi connectivity index (χ2v) is 5.29. The summed E-state index contributed by atoms with van der Waals surface area (Å²) in [4.78, 5) is 0. The van der Waals surface area contributed by atoms with E-state index in [0.29, 0.717) is 5.75 Å². The molecule has 3 N–H and O–H groups in total. The van der Waals surface area contributed by atoms with E-state index in [9.17, 15) is 5.11 Å². The minimum absolute atomic E-state index is 0.0323. The molecule has 4 heteroatoms. The standard InChI is InChI=1S/C10H11I2NO/c1-2-3-9(13)6-4-7(11)10(14)8(12)5-6/h2,4-5,9,14H,1,3,13H2/t9-/m1/s1. The molecule has 0 aromatic heterocycles. The van der Waals surface area contributed by atoms with Crippen LogP contribution in [0.15, 0.2) is 24.8 Å². The van der Waals surface area contributed by atoms with E-state index in [0.717, 1.165) is 19.1 Å². The van der Waals surface area contributed by atoms with Gasteiger partial charge in [0.25, 0.3) is 0 Å². The summed E-state index contributed by atoms with van der Waals surface area (Å²) < 4.78 is 1.67. The third-order valence-electron chi connectivity index (χ3n) is 1.89. The van der Waals surface area contributed by atoms with Crippen LogP contribution < -0.4 is 5.73 Å². The molecule has 14 heavy (non-hydrogen) atoms. The first-order chi connectivity index (χ1) is 6.56. The van der Waals surface area contributed by atoms with Gasteiger partial charge in [-0.3, -0.25) is 0 Å². The zero-order valence-electron chi connectivity index (χ0n) is 7.50. The molecule has 0 radical (unpaired) electrons. The van der Waals surface area contributed by atoms with E-state index in [2.05, 4.69) is 51.8 Å². The molecule has 1 atom stereocenters. The van der Waals surface area contributed by atoms with Gasteiger partial charge in [0.05, 0.1) is 7.14 Å². The van der Waals surface area contributed by atoms with E-state index in [1.54, 1.807) is 6.08 Å². The average Bonchev–Trinajstić information content (AvgIpc) is 2.13. The van der Waals surface area contributed by atoms with E-state index >= 15 is 0 Å². The highest BCUT2D eigenvalue weighted by Crippen LogP contribution is 2.29. The monoisotopic (exact) mass is 415 g/mol. The summed E-state index contributed by atoms with van der Waals surface area (Å²) in [7, 11) is 0. The quantitative estimate of drug-likeness (QED) is 0.589. The van der Waals surface area contributed by atoms with E-state index < -0.39 is 0 Å². The lowest BCUT2D eigenvalue weighted by atomic mass is 10.1. The van der Waals surface area contributed by atoms with Crippen molar-refractivity contribution in [3.8, 4) is 5.75 Å². The molecule has 0 spiro atoms. The Kier molecular flexibility index (Phi) is 4.65. The van der Waals surface area contributed by atoms with Gasteiger partial charge in [-0.25, -0.2) is 0 Å². The van der Waals surface area contributed by atoms with E-state index in [1.165, 1.54) is 0 Å². The Labute approximate surface area is 111 Å². The van der Waals surface area contributed by atoms with Crippen molar-refractivity contribution in [2.75, 3.05) is 0 Å². The van der Waals surface area contributed by atoms with Gasteiger partial charge in [0, 0.05) is 6.04 Å². The molecule has 0 aliphatic rings. The highest BCUT2D eigenvalue weighted by Gasteiger charge is 2.10. The summed E-state index contributed by atoms with van der Waals surface area (Å²) in [5, 5.41) is 9.57. The van der Waals surface area contributed by atoms with Crippen LogP contribution in [0.2, 0.25) is 0 Å². The zero-order chi connectivity index (χ0) is 10.7. The van der Waals surface area contributed by atoms with Crippen LogP contribution in [0.1, 0.15) is 18.0 Å². The van der Waals surface area contributed by atoms with Crippen LogP contribution in [0, 0.1) is 7.14 Å². The Morgan fingerprint density at radius 2 is 1.93 bits per heavy atom. The smallest absolute Gasteiger partial charge is 0.142 e. The molecule has 0 unspecified atom stereocenters. The number of rotatable bonds is 3. The SMILES string of the molecule is C=CC[C@@H](N)c1cc(I)c(O)c(I)c1. The van der Waals surface area contributed by atoms with Crippen LogP contribution in [0.5, 0.6) is 5.75 Å². The van der Waals surface area contributed by atoms with Crippen LogP contribution in [-0.4, -0.2) is 5.11 Å². The van der Waals surface area contributed by atoms with Gasteiger partial charge >= 0.3 is 0 Å². The summed E-state index contributed by atoms with van der Waals surface area (Å²) in [6.45, 7) is 3.66. The van der Waals surface area contributed by atoms with Gasteiger partial charge in [0.15, 0.2) is 0 Å². The second-order valence-electron chi connectivity index (χ2n) is 2.96. The van der Waals surface area contributed by atoms with Crippen molar-refractivity contribution in [3.05, 3.63) is 37.5 Å². The number of halogens is 2. The van der Waals surface area contributed by atoms with Crippen molar-refractivity contribution in [1.82, 2.24) is 0 Å². The maximum absolute atomic E-state index is 9.57. The van der Waals surface area contributed by atoms with Gasteiger partial charge in [-0.15, -0.1) is 6.58 Å². The molecule has 1 aromatic rings. The van der Waals surface area contributed by atoms with Gasteiger partial charge in [-0.05, 0) is 69.3 Å². The lowest BCUT2D eigenvalue weighted by Gasteiger charge is -2.11. The molecule has 1 aromatic carbocycles. The summed E-state index contributed by atoms with van der Waals surface area (Å²) in [6, 6.07) is 3.79.